The minimum absolute atomic E-state index is 0.0714. The fraction of sp³-hybridized carbons (Fsp3) is 0.261. The Balaban J connectivity index is 1.80. The molecule has 0 saturated carbocycles. The van der Waals surface area contributed by atoms with E-state index in [1.165, 1.54) is 0 Å². The number of carbonyl (C=O) groups is 1. The quantitative estimate of drug-likeness (QED) is 0.497. The number of ether oxygens (including phenoxy) is 1. The number of rotatable bonds is 8. The number of benzene rings is 2. The zero-order valence-electron chi connectivity index (χ0n) is 17.1. The summed E-state index contributed by atoms with van der Waals surface area (Å²) in [5.74, 6) is 0.543. The van der Waals surface area contributed by atoms with E-state index in [4.69, 9.17) is 4.74 Å². The fourth-order valence-electron chi connectivity index (χ4n) is 2.93. The van der Waals surface area contributed by atoms with Crippen molar-refractivity contribution in [2.45, 2.75) is 26.7 Å². The van der Waals surface area contributed by atoms with Crippen LogP contribution in [0.3, 0.4) is 0 Å². The van der Waals surface area contributed by atoms with E-state index in [0.29, 0.717) is 29.2 Å². The Morgan fingerprint density at radius 3 is 2.77 bits per heavy atom. The zero-order chi connectivity index (χ0) is 21.5. The number of H-pyrrole nitrogens is 1. The molecular weight excluding hydrogens is 382 g/mol. The molecule has 0 bridgehead atoms. The standard InChI is InChI=1S/C23H25N3O4/c1-3-4-10-24-22(28)14-30-18-7-5-6-16(12-18)19-13-20(26-23(29)25-19)17-8-9-21(27)15(2)11-17/h5-9,11-13,27H,3-4,10,14H2,1-2H3,(H,24,28)(H,25,26,29). The molecule has 1 aromatic heterocycles. The van der Waals surface area contributed by atoms with Crippen LogP contribution in [0.5, 0.6) is 11.5 Å². The number of hydrogen-bond acceptors (Lipinski definition) is 5. The van der Waals surface area contributed by atoms with Gasteiger partial charge in [0.05, 0.1) is 11.4 Å². The van der Waals surface area contributed by atoms with Crippen LogP contribution in [0.1, 0.15) is 25.3 Å². The van der Waals surface area contributed by atoms with Gasteiger partial charge in [0.15, 0.2) is 6.61 Å². The first kappa shape index (κ1) is 21.1. The van der Waals surface area contributed by atoms with E-state index in [1.54, 1.807) is 49.4 Å². The summed E-state index contributed by atoms with van der Waals surface area (Å²) in [5.41, 5.74) is 2.76. The summed E-state index contributed by atoms with van der Waals surface area (Å²) in [4.78, 5) is 30.7. The van der Waals surface area contributed by atoms with Crippen LogP contribution < -0.4 is 15.7 Å². The topological polar surface area (TPSA) is 104 Å². The van der Waals surface area contributed by atoms with E-state index >= 15 is 0 Å². The highest BCUT2D eigenvalue weighted by molar-refractivity contribution is 5.77. The highest BCUT2D eigenvalue weighted by atomic mass is 16.5. The molecule has 3 rings (SSSR count). The minimum Gasteiger partial charge on any atom is -0.508 e. The normalized spacial score (nSPS) is 10.6. The monoisotopic (exact) mass is 407 g/mol. The summed E-state index contributed by atoms with van der Waals surface area (Å²) in [7, 11) is 0. The maximum atomic E-state index is 12.1. The number of aromatic amines is 1. The Labute approximate surface area is 174 Å². The Hall–Kier alpha value is -3.61. The molecule has 1 amide bonds. The molecule has 1 heterocycles. The van der Waals surface area contributed by atoms with Gasteiger partial charge in [-0.2, -0.15) is 4.98 Å². The Kier molecular flexibility index (Phi) is 6.85. The number of hydrogen-bond donors (Lipinski definition) is 3. The molecule has 0 saturated heterocycles. The van der Waals surface area contributed by atoms with Crippen molar-refractivity contribution in [3.63, 3.8) is 0 Å². The Morgan fingerprint density at radius 2 is 2.00 bits per heavy atom. The third kappa shape index (κ3) is 5.47. The van der Waals surface area contributed by atoms with Crippen LogP contribution in [0.15, 0.2) is 53.3 Å². The summed E-state index contributed by atoms with van der Waals surface area (Å²) in [6, 6.07) is 14.0. The van der Waals surface area contributed by atoms with Gasteiger partial charge in [-0.15, -0.1) is 0 Å². The van der Waals surface area contributed by atoms with Gasteiger partial charge in [0, 0.05) is 17.7 Å². The second-order valence-electron chi connectivity index (χ2n) is 7.01. The first-order chi connectivity index (χ1) is 14.5. The average molecular weight is 407 g/mol. The average Bonchev–Trinajstić information content (AvgIpc) is 2.74. The zero-order valence-corrected chi connectivity index (χ0v) is 17.1. The number of unbranched alkanes of at least 4 members (excludes halogenated alkanes) is 1. The van der Waals surface area contributed by atoms with Gasteiger partial charge in [-0.3, -0.25) is 4.79 Å². The van der Waals surface area contributed by atoms with Crippen LogP contribution in [0.4, 0.5) is 0 Å². The van der Waals surface area contributed by atoms with Crippen LogP contribution in [0.2, 0.25) is 0 Å². The van der Waals surface area contributed by atoms with Crippen molar-refractivity contribution in [3.05, 3.63) is 64.6 Å². The second-order valence-corrected chi connectivity index (χ2v) is 7.01. The Morgan fingerprint density at radius 1 is 1.17 bits per heavy atom. The minimum atomic E-state index is -0.477. The van der Waals surface area contributed by atoms with E-state index in [-0.39, 0.29) is 18.3 Å². The number of aromatic hydroxyl groups is 1. The molecule has 0 spiro atoms. The third-order valence-corrected chi connectivity index (χ3v) is 4.60. The van der Waals surface area contributed by atoms with Crippen LogP contribution in [-0.2, 0) is 4.79 Å². The molecule has 7 heteroatoms. The lowest BCUT2D eigenvalue weighted by molar-refractivity contribution is -0.123. The number of carbonyl (C=O) groups excluding carboxylic acids is 1. The van der Waals surface area contributed by atoms with Crippen molar-refractivity contribution in [3.8, 4) is 34.0 Å². The third-order valence-electron chi connectivity index (χ3n) is 4.60. The Bertz CT molecular complexity index is 1090. The molecule has 30 heavy (non-hydrogen) atoms. The van der Waals surface area contributed by atoms with Gasteiger partial charge in [0.1, 0.15) is 11.5 Å². The molecule has 3 N–H and O–H groups in total. The maximum Gasteiger partial charge on any atom is 0.345 e. The number of amides is 1. The lowest BCUT2D eigenvalue weighted by atomic mass is 10.1. The van der Waals surface area contributed by atoms with E-state index in [9.17, 15) is 14.7 Å². The lowest BCUT2D eigenvalue weighted by Gasteiger charge is -2.10. The second kappa shape index (κ2) is 9.73. The highest BCUT2D eigenvalue weighted by Gasteiger charge is 2.09. The molecule has 0 radical (unpaired) electrons. The van der Waals surface area contributed by atoms with Crippen LogP contribution in [0, 0.1) is 6.92 Å². The van der Waals surface area contributed by atoms with Crippen molar-refractivity contribution in [2.24, 2.45) is 0 Å². The van der Waals surface area contributed by atoms with E-state index in [2.05, 4.69) is 22.2 Å². The summed E-state index contributed by atoms with van der Waals surface area (Å²) >= 11 is 0. The first-order valence-corrected chi connectivity index (χ1v) is 9.87. The molecule has 0 aliphatic rings. The molecule has 0 aliphatic heterocycles. The molecule has 3 aromatic rings. The first-order valence-electron chi connectivity index (χ1n) is 9.87. The maximum absolute atomic E-state index is 12.1. The number of phenolic OH excluding ortho intramolecular Hbond substituents is 1. The van der Waals surface area contributed by atoms with Gasteiger partial charge in [0.2, 0.25) is 0 Å². The lowest BCUT2D eigenvalue weighted by Crippen LogP contribution is -2.29. The van der Waals surface area contributed by atoms with Crippen molar-refractivity contribution in [1.29, 1.82) is 0 Å². The van der Waals surface area contributed by atoms with Crippen molar-refractivity contribution in [2.75, 3.05) is 13.2 Å². The summed E-state index contributed by atoms with van der Waals surface area (Å²) in [6.07, 6.45) is 1.94. The van der Waals surface area contributed by atoms with E-state index in [0.717, 1.165) is 24.0 Å². The number of nitrogens with zero attached hydrogens (tertiary/aromatic N) is 1. The van der Waals surface area contributed by atoms with Crippen LogP contribution in [-0.4, -0.2) is 34.1 Å². The molecular formula is C23H25N3O4. The van der Waals surface area contributed by atoms with Crippen molar-refractivity contribution in [1.82, 2.24) is 15.3 Å². The number of nitrogens with one attached hydrogen (secondary N) is 2. The SMILES string of the molecule is CCCCNC(=O)COc1cccc(-c2cc(-c3ccc(O)c(C)c3)nc(=O)[nH]2)c1. The van der Waals surface area contributed by atoms with Gasteiger partial charge in [-0.05, 0) is 55.3 Å². The van der Waals surface area contributed by atoms with Crippen molar-refractivity contribution < 1.29 is 14.6 Å². The van der Waals surface area contributed by atoms with Gasteiger partial charge in [-0.1, -0.05) is 25.5 Å². The number of phenols is 1. The van der Waals surface area contributed by atoms with Gasteiger partial charge < -0.3 is 20.1 Å². The van der Waals surface area contributed by atoms with E-state index < -0.39 is 5.69 Å². The summed E-state index contributed by atoms with van der Waals surface area (Å²) in [6.45, 7) is 4.41. The predicted octanol–water partition coefficient (Wildman–Crippen LogP) is 3.41. The molecule has 0 atom stereocenters. The predicted molar refractivity (Wildman–Crippen MR) is 116 cm³/mol. The summed E-state index contributed by atoms with van der Waals surface area (Å²) < 4.78 is 5.59. The van der Waals surface area contributed by atoms with Gasteiger partial charge in [0.25, 0.3) is 5.91 Å². The fourth-order valence-corrected chi connectivity index (χ4v) is 2.93. The van der Waals surface area contributed by atoms with Gasteiger partial charge in [-0.25, -0.2) is 4.79 Å². The summed E-state index contributed by atoms with van der Waals surface area (Å²) in [5, 5.41) is 12.5. The van der Waals surface area contributed by atoms with Crippen molar-refractivity contribution >= 4 is 5.91 Å². The number of aromatic nitrogens is 2. The number of aryl methyl sites for hydroxylation is 1. The van der Waals surface area contributed by atoms with Gasteiger partial charge >= 0.3 is 5.69 Å². The highest BCUT2D eigenvalue weighted by Crippen LogP contribution is 2.27. The smallest absolute Gasteiger partial charge is 0.345 e. The molecule has 7 nitrogen and oxygen atoms in total. The molecule has 0 fully saturated rings. The largest absolute Gasteiger partial charge is 0.508 e. The molecule has 0 unspecified atom stereocenters. The van der Waals surface area contributed by atoms with E-state index in [1.807, 2.05) is 6.07 Å². The molecule has 156 valence electrons. The van der Waals surface area contributed by atoms with Crippen LogP contribution in [0.25, 0.3) is 22.5 Å². The molecule has 0 aliphatic carbocycles. The van der Waals surface area contributed by atoms with Crippen LogP contribution >= 0.6 is 0 Å². The molecule has 2 aromatic carbocycles.